The van der Waals surface area contributed by atoms with Gasteiger partial charge in [0.15, 0.2) is 0 Å². The van der Waals surface area contributed by atoms with E-state index in [4.69, 9.17) is 9.57 Å². The summed E-state index contributed by atoms with van der Waals surface area (Å²) in [7, 11) is 0. The number of esters is 1. The van der Waals surface area contributed by atoms with Crippen LogP contribution in [0.25, 0.3) is 17.2 Å². The summed E-state index contributed by atoms with van der Waals surface area (Å²) < 4.78 is 5.99. The molecule has 2 spiro atoms. The van der Waals surface area contributed by atoms with Crippen LogP contribution in [0.15, 0.2) is 115 Å². The number of ether oxygens (including phenoxy) is 1. The van der Waals surface area contributed by atoms with Crippen LogP contribution >= 0.6 is 0 Å². The van der Waals surface area contributed by atoms with Crippen LogP contribution in [0, 0.1) is 5.92 Å². The van der Waals surface area contributed by atoms with Crippen molar-refractivity contribution in [3.05, 3.63) is 132 Å². The summed E-state index contributed by atoms with van der Waals surface area (Å²) in [6.07, 6.45) is 5.53. The fourth-order valence-corrected chi connectivity index (χ4v) is 6.25. The lowest BCUT2D eigenvalue weighted by Crippen LogP contribution is -2.48. The van der Waals surface area contributed by atoms with Crippen molar-refractivity contribution in [1.82, 2.24) is 0 Å². The summed E-state index contributed by atoms with van der Waals surface area (Å²) in [6, 6.07) is 37.0. The molecule has 1 saturated heterocycles. The average molecular weight is 486 g/mol. The van der Waals surface area contributed by atoms with Gasteiger partial charge in [0.1, 0.15) is 23.7 Å². The van der Waals surface area contributed by atoms with Gasteiger partial charge in [-0.25, -0.2) is 5.06 Å². The van der Waals surface area contributed by atoms with Gasteiger partial charge < -0.3 is 4.74 Å². The zero-order valence-electron chi connectivity index (χ0n) is 20.4. The summed E-state index contributed by atoms with van der Waals surface area (Å²) in [5.41, 5.74) is 5.07. The molecule has 2 fully saturated rings. The maximum Gasteiger partial charge on any atom is 0.315 e. The molecule has 1 atom stereocenters. The van der Waals surface area contributed by atoms with Gasteiger partial charge in [-0.3, -0.25) is 9.63 Å². The standard InChI is InChI=1S/C33H27NO3/c35-31(36-23-11-14-24-12-3-1-4-13-24)30-32(21-22-32)37-34(25-15-5-2-6-16-25)33(30)28-19-9-7-17-26(28)27-18-8-10-20-29(27)33/h1-20,30H,21-23H2/b14-11+. The lowest BCUT2D eigenvalue weighted by atomic mass is 9.72. The van der Waals surface area contributed by atoms with E-state index >= 15 is 0 Å². The van der Waals surface area contributed by atoms with Crippen molar-refractivity contribution in [3.8, 4) is 11.1 Å². The maximum absolute atomic E-state index is 14.1. The van der Waals surface area contributed by atoms with Crippen molar-refractivity contribution in [2.24, 2.45) is 5.92 Å². The normalized spacial score (nSPS) is 19.8. The molecule has 0 radical (unpaired) electrons. The Labute approximate surface area is 216 Å². The van der Waals surface area contributed by atoms with Gasteiger partial charge in [0.05, 0.1) is 5.69 Å². The topological polar surface area (TPSA) is 38.8 Å². The Morgan fingerprint density at radius 2 is 1.38 bits per heavy atom. The van der Waals surface area contributed by atoms with Gasteiger partial charge >= 0.3 is 5.97 Å². The number of carbonyl (C=O) groups excluding carboxylic acids is 1. The molecular weight excluding hydrogens is 458 g/mol. The first-order valence-corrected chi connectivity index (χ1v) is 12.9. The highest BCUT2D eigenvalue weighted by atomic mass is 16.7. The quantitative estimate of drug-likeness (QED) is 0.293. The molecule has 4 heteroatoms. The van der Waals surface area contributed by atoms with Gasteiger partial charge in [-0.15, -0.1) is 0 Å². The Bertz CT molecular complexity index is 1450. The van der Waals surface area contributed by atoms with Crippen LogP contribution < -0.4 is 5.06 Å². The first-order chi connectivity index (χ1) is 18.2. The molecule has 0 bridgehead atoms. The van der Waals surface area contributed by atoms with E-state index in [9.17, 15) is 4.79 Å². The molecular formula is C33H27NO3. The minimum absolute atomic E-state index is 0.213. The Morgan fingerprint density at radius 1 is 0.811 bits per heavy atom. The van der Waals surface area contributed by atoms with Crippen LogP contribution in [0.4, 0.5) is 5.69 Å². The third-order valence-electron chi connectivity index (χ3n) is 7.90. The highest BCUT2D eigenvalue weighted by molar-refractivity contribution is 5.90. The molecule has 0 N–H and O–H groups in total. The molecule has 2 aliphatic carbocycles. The van der Waals surface area contributed by atoms with Crippen molar-refractivity contribution < 1.29 is 14.4 Å². The number of hydrogen-bond acceptors (Lipinski definition) is 4. The number of fused-ring (bicyclic) bond motifs is 5. The highest BCUT2D eigenvalue weighted by Crippen LogP contribution is 2.68. The molecule has 0 aromatic heterocycles. The van der Waals surface area contributed by atoms with Gasteiger partial charge in [0.2, 0.25) is 0 Å². The van der Waals surface area contributed by atoms with E-state index in [0.717, 1.165) is 46.3 Å². The summed E-state index contributed by atoms with van der Waals surface area (Å²) >= 11 is 0. The molecule has 182 valence electrons. The van der Waals surface area contributed by atoms with Gasteiger partial charge in [-0.05, 0) is 58.9 Å². The number of nitrogens with zero attached hydrogens (tertiary/aromatic N) is 1. The van der Waals surface area contributed by atoms with E-state index in [2.05, 4.69) is 60.7 Å². The lowest BCUT2D eigenvalue weighted by molar-refractivity contribution is -0.151. The number of rotatable bonds is 5. The second kappa shape index (κ2) is 8.46. The first-order valence-electron chi connectivity index (χ1n) is 12.9. The molecule has 1 saturated carbocycles. The van der Waals surface area contributed by atoms with Crippen LogP contribution in [0.3, 0.4) is 0 Å². The fourth-order valence-electron chi connectivity index (χ4n) is 6.25. The molecule has 0 amide bonds. The molecule has 3 aliphatic rings. The number of hydroxylamine groups is 1. The van der Waals surface area contributed by atoms with Crippen LogP contribution in [-0.4, -0.2) is 18.2 Å². The first kappa shape index (κ1) is 22.1. The van der Waals surface area contributed by atoms with Crippen LogP contribution in [0.5, 0.6) is 0 Å². The Balaban J connectivity index is 1.34. The van der Waals surface area contributed by atoms with Gasteiger partial charge in [-0.2, -0.15) is 0 Å². The van der Waals surface area contributed by atoms with Gasteiger partial charge in [0.25, 0.3) is 0 Å². The third kappa shape index (κ3) is 3.29. The largest absolute Gasteiger partial charge is 0.461 e. The number of hydrogen-bond donors (Lipinski definition) is 0. The molecule has 1 unspecified atom stereocenters. The predicted molar refractivity (Wildman–Crippen MR) is 145 cm³/mol. The van der Waals surface area contributed by atoms with Crippen molar-refractivity contribution in [3.63, 3.8) is 0 Å². The van der Waals surface area contributed by atoms with E-state index in [1.807, 2.05) is 65.7 Å². The summed E-state index contributed by atoms with van der Waals surface area (Å²) in [4.78, 5) is 20.9. The Hall–Kier alpha value is -4.15. The summed E-state index contributed by atoms with van der Waals surface area (Å²) in [5, 5.41) is 2.01. The molecule has 7 rings (SSSR count). The van der Waals surface area contributed by atoms with E-state index < -0.39 is 17.1 Å². The molecule has 1 heterocycles. The van der Waals surface area contributed by atoms with Crippen LogP contribution in [-0.2, 0) is 19.9 Å². The van der Waals surface area contributed by atoms with Gasteiger partial charge in [0, 0.05) is 0 Å². The van der Waals surface area contributed by atoms with Crippen LogP contribution in [0.2, 0.25) is 0 Å². The second-order valence-electron chi connectivity index (χ2n) is 10.0. The minimum atomic E-state index is -0.814. The predicted octanol–water partition coefficient (Wildman–Crippen LogP) is 6.77. The minimum Gasteiger partial charge on any atom is -0.461 e. The highest BCUT2D eigenvalue weighted by Gasteiger charge is 2.74. The molecule has 37 heavy (non-hydrogen) atoms. The fraction of sp³-hybridized carbons (Fsp3) is 0.182. The average Bonchev–Trinajstić information content (AvgIpc) is 3.58. The summed E-state index contributed by atoms with van der Waals surface area (Å²) in [5.74, 6) is -0.727. The maximum atomic E-state index is 14.1. The monoisotopic (exact) mass is 485 g/mol. The van der Waals surface area contributed by atoms with Crippen molar-refractivity contribution in [2.45, 2.75) is 24.0 Å². The zero-order chi connectivity index (χ0) is 24.9. The van der Waals surface area contributed by atoms with Crippen molar-refractivity contribution in [2.75, 3.05) is 11.7 Å². The molecule has 4 aromatic carbocycles. The van der Waals surface area contributed by atoms with Crippen LogP contribution in [0.1, 0.15) is 29.5 Å². The van der Waals surface area contributed by atoms with E-state index in [-0.39, 0.29) is 12.6 Å². The van der Waals surface area contributed by atoms with E-state index in [1.165, 1.54) is 0 Å². The smallest absolute Gasteiger partial charge is 0.315 e. The number of carbonyl (C=O) groups is 1. The summed E-state index contributed by atoms with van der Waals surface area (Å²) in [6.45, 7) is 0.213. The SMILES string of the molecule is O=C(OC/C=C/c1ccccc1)C1C2(CC2)ON(c2ccccc2)C12c1ccccc1-c1ccccc12. The molecule has 4 aromatic rings. The number of benzene rings is 4. The van der Waals surface area contributed by atoms with Crippen molar-refractivity contribution >= 4 is 17.7 Å². The second-order valence-corrected chi connectivity index (χ2v) is 10.0. The van der Waals surface area contributed by atoms with E-state index in [0.29, 0.717) is 0 Å². The molecule has 4 nitrogen and oxygen atoms in total. The number of anilines is 1. The molecule has 1 aliphatic heterocycles. The lowest BCUT2D eigenvalue weighted by Gasteiger charge is -2.39. The van der Waals surface area contributed by atoms with Gasteiger partial charge in [-0.1, -0.05) is 103 Å². The Morgan fingerprint density at radius 3 is 2.00 bits per heavy atom. The van der Waals surface area contributed by atoms with Crippen molar-refractivity contribution in [1.29, 1.82) is 0 Å². The van der Waals surface area contributed by atoms with E-state index in [1.54, 1.807) is 0 Å². The number of para-hydroxylation sites is 1. The zero-order valence-corrected chi connectivity index (χ0v) is 20.4. The Kier molecular flexibility index (Phi) is 5.05. The third-order valence-corrected chi connectivity index (χ3v) is 7.90.